The van der Waals surface area contributed by atoms with E-state index in [2.05, 4.69) is 30.9 Å². The summed E-state index contributed by atoms with van der Waals surface area (Å²) in [4.78, 5) is 33.4. The van der Waals surface area contributed by atoms with E-state index in [1.807, 2.05) is 0 Å². The molecule has 5 aliphatic rings. The van der Waals surface area contributed by atoms with Gasteiger partial charge >= 0.3 is 12.0 Å². The Kier molecular flexibility index (Phi) is 7.78. The quantitative estimate of drug-likeness (QED) is 0.222. The minimum Gasteiger partial charge on any atom is -0.461 e. The van der Waals surface area contributed by atoms with Gasteiger partial charge in [-0.05, 0) is 75.2 Å². The number of benzene rings is 2. The molecule has 2 aromatic carbocycles. The molecule has 54 heavy (non-hydrogen) atoms. The van der Waals surface area contributed by atoms with E-state index in [0.29, 0.717) is 44.1 Å². The van der Waals surface area contributed by atoms with Crippen molar-refractivity contribution in [3.05, 3.63) is 53.1 Å². The Bertz CT molecular complexity index is 2390. The highest BCUT2D eigenvalue weighted by Gasteiger charge is 2.63. The van der Waals surface area contributed by atoms with Crippen molar-refractivity contribution in [2.45, 2.75) is 55.7 Å². The number of carbonyl (C=O) groups is 1. The molecular formula is C37H35ClF2N10O3S. The smallest absolute Gasteiger partial charge is 0.346 e. The molecule has 17 heteroatoms. The minimum absolute atomic E-state index is 0.0170. The topological polar surface area (TPSA) is 152 Å². The molecule has 10 rings (SSSR count). The molecule has 3 aromatic heterocycles. The van der Waals surface area contributed by atoms with Crippen molar-refractivity contribution < 1.29 is 23.0 Å². The van der Waals surface area contributed by atoms with Crippen LogP contribution in [-0.2, 0) is 4.74 Å². The number of hydrogen-bond donors (Lipinski definition) is 1. The number of morpholine rings is 1. The Morgan fingerprint density at radius 1 is 1.17 bits per heavy atom. The first kappa shape index (κ1) is 33.8. The van der Waals surface area contributed by atoms with Gasteiger partial charge in [0.1, 0.15) is 53.1 Å². The Labute approximate surface area is 317 Å². The molecule has 2 N–H and O–H groups in total. The number of likely N-dealkylation sites (tertiary alicyclic amines) is 1. The maximum atomic E-state index is 17.3. The number of nitrogens with two attached hydrogens (primary N) is 1. The van der Waals surface area contributed by atoms with Crippen LogP contribution in [0.1, 0.15) is 44.1 Å². The van der Waals surface area contributed by atoms with Crippen molar-refractivity contribution in [1.82, 2.24) is 34.5 Å². The molecule has 2 unspecified atom stereocenters. The number of fused-ring (bicyclic) bond motifs is 3. The van der Waals surface area contributed by atoms with E-state index in [4.69, 9.17) is 31.8 Å². The standard InChI is InChI=1S/C37H35ClF2N10O3S/c38-24-13-22-29(28(40)27(24)21-5-6-25(39)30-26(21)23(14-41)32(42)54-30)45-34(52-17-36-7-1-9-48(36)10-2-8-36)46-33(22)47-11-12-53-37(15-47)16-49(31(37)20-3-4-20)35(51)50-19-43-18-44-50/h5-6,13,18-20,31H,1-4,7-12,15-17,42H2. The van der Waals surface area contributed by atoms with Crippen LogP contribution < -0.4 is 15.4 Å². The fraction of sp³-hybridized carbons (Fsp3) is 0.459. The van der Waals surface area contributed by atoms with Gasteiger partial charge in [0, 0.05) is 22.9 Å². The van der Waals surface area contributed by atoms with Crippen LogP contribution in [0.4, 0.5) is 24.4 Å². The zero-order chi connectivity index (χ0) is 36.9. The van der Waals surface area contributed by atoms with Gasteiger partial charge in [-0.25, -0.2) is 18.6 Å². The van der Waals surface area contributed by atoms with Crippen molar-refractivity contribution in [2.75, 3.05) is 56.6 Å². The number of thiophene rings is 1. The number of nitrogens with zero attached hydrogens (tertiary/aromatic N) is 9. The van der Waals surface area contributed by atoms with Gasteiger partial charge in [-0.2, -0.15) is 25.0 Å². The molecule has 1 amide bonds. The summed E-state index contributed by atoms with van der Waals surface area (Å²) in [6.45, 7) is 3.93. The van der Waals surface area contributed by atoms with Gasteiger partial charge in [0.05, 0.1) is 46.6 Å². The second-order valence-electron chi connectivity index (χ2n) is 15.1. The van der Waals surface area contributed by atoms with Crippen LogP contribution in [0, 0.1) is 28.9 Å². The molecule has 4 saturated heterocycles. The number of nitrogen functional groups attached to an aromatic ring is 1. The Morgan fingerprint density at radius 2 is 1.98 bits per heavy atom. The summed E-state index contributed by atoms with van der Waals surface area (Å²) in [5.41, 5.74) is 5.59. The summed E-state index contributed by atoms with van der Waals surface area (Å²) >= 11 is 7.91. The molecule has 5 aromatic rings. The fourth-order valence-corrected chi connectivity index (χ4v) is 10.8. The van der Waals surface area contributed by atoms with Gasteiger partial charge < -0.3 is 25.0 Å². The third-order valence-electron chi connectivity index (χ3n) is 12.1. The Hall–Kier alpha value is -4.69. The first-order valence-electron chi connectivity index (χ1n) is 18.2. The maximum Gasteiger partial charge on any atom is 0.346 e. The van der Waals surface area contributed by atoms with E-state index in [-0.39, 0.29) is 71.9 Å². The zero-order valence-electron chi connectivity index (χ0n) is 29.1. The van der Waals surface area contributed by atoms with Crippen LogP contribution in [-0.4, -0.2) is 104 Å². The number of hydrogen-bond acceptors (Lipinski definition) is 12. The third-order valence-corrected chi connectivity index (χ3v) is 13.4. The number of rotatable bonds is 6. The molecule has 278 valence electrons. The van der Waals surface area contributed by atoms with Crippen LogP contribution in [0.3, 0.4) is 0 Å². The molecule has 2 atom stereocenters. The lowest BCUT2D eigenvalue weighted by Gasteiger charge is -2.60. The van der Waals surface area contributed by atoms with E-state index in [9.17, 15) is 10.1 Å². The number of ether oxygens (including phenoxy) is 2. The van der Waals surface area contributed by atoms with E-state index in [1.54, 1.807) is 11.0 Å². The molecule has 5 fully saturated rings. The molecular weight excluding hydrogens is 738 g/mol. The summed E-state index contributed by atoms with van der Waals surface area (Å²) in [5, 5.41) is 14.8. The summed E-state index contributed by atoms with van der Waals surface area (Å²) in [5.74, 6) is -0.602. The van der Waals surface area contributed by atoms with Gasteiger partial charge in [-0.3, -0.25) is 4.90 Å². The van der Waals surface area contributed by atoms with E-state index >= 15 is 8.78 Å². The van der Waals surface area contributed by atoms with Gasteiger partial charge in [-0.15, -0.1) is 11.3 Å². The molecule has 0 bridgehead atoms. The van der Waals surface area contributed by atoms with Crippen LogP contribution in [0.5, 0.6) is 6.01 Å². The van der Waals surface area contributed by atoms with Gasteiger partial charge in [0.2, 0.25) is 0 Å². The van der Waals surface area contributed by atoms with Crippen LogP contribution in [0.25, 0.3) is 32.1 Å². The Morgan fingerprint density at radius 3 is 2.72 bits per heavy atom. The largest absolute Gasteiger partial charge is 0.461 e. The van der Waals surface area contributed by atoms with E-state index in [0.717, 1.165) is 63.0 Å². The van der Waals surface area contributed by atoms with Gasteiger partial charge in [0.15, 0.2) is 5.82 Å². The molecule has 4 aliphatic heterocycles. The normalized spacial score (nSPS) is 23.6. The SMILES string of the molecule is N#Cc1c(N)sc2c(F)ccc(-c3c(Cl)cc4c(N5CCOC6(C5)CN(C(=O)n5cncn5)C6C5CC5)nc(OCC56CCCN5CCC6)nc4c3F)c12. The monoisotopic (exact) mass is 772 g/mol. The molecule has 13 nitrogen and oxygen atoms in total. The maximum absolute atomic E-state index is 17.3. The predicted octanol–water partition coefficient (Wildman–Crippen LogP) is 5.83. The molecule has 7 heterocycles. The van der Waals surface area contributed by atoms with Gasteiger partial charge in [-0.1, -0.05) is 17.7 Å². The van der Waals surface area contributed by atoms with Crippen molar-refractivity contribution in [3.63, 3.8) is 0 Å². The highest BCUT2D eigenvalue weighted by atomic mass is 35.5. The van der Waals surface area contributed by atoms with E-state index in [1.165, 1.54) is 29.5 Å². The van der Waals surface area contributed by atoms with Crippen molar-refractivity contribution in [1.29, 1.82) is 5.26 Å². The second kappa shape index (κ2) is 12.4. The first-order chi connectivity index (χ1) is 26.2. The number of nitriles is 1. The van der Waals surface area contributed by atoms with Crippen LogP contribution in [0.15, 0.2) is 30.9 Å². The minimum atomic E-state index is -0.749. The first-order valence-corrected chi connectivity index (χ1v) is 19.4. The number of anilines is 2. The predicted molar refractivity (Wildman–Crippen MR) is 198 cm³/mol. The van der Waals surface area contributed by atoms with Crippen molar-refractivity contribution in [3.8, 4) is 23.2 Å². The lowest BCUT2D eigenvalue weighted by Crippen LogP contribution is -2.78. The van der Waals surface area contributed by atoms with Crippen molar-refractivity contribution >= 4 is 60.8 Å². The summed E-state index contributed by atoms with van der Waals surface area (Å²) < 4.78 is 46.7. The highest BCUT2D eigenvalue weighted by Crippen LogP contribution is 2.51. The second-order valence-corrected chi connectivity index (χ2v) is 16.6. The summed E-state index contributed by atoms with van der Waals surface area (Å²) in [6.07, 6.45) is 8.87. The van der Waals surface area contributed by atoms with Crippen LogP contribution >= 0.6 is 22.9 Å². The average Bonchev–Trinajstić information content (AvgIpc) is 3.50. The summed E-state index contributed by atoms with van der Waals surface area (Å²) in [7, 11) is 0. The number of carbonyl (C=O) groups excluding carboxylic acids is 1. The highest BCUT2D eigenvalue weighted by molar-refractivity contribution is 7.23. The molecule has 1 aliphatic carbocycles. The number of amides is 1. The Balaban J connectivity index is 1.08. The number of halogens is 3. The van der Waals surface area contributed by atoms with Crippen LogP contribution in [0.2, 0.25) is 5.02 Å². The average molecular weight is 773 g/mol. The lowest BCUT2D eigenvalue weighted by molar-refractivity contribution is -0.180. The fourth-order valence-electron chi connectivity index (χ4n) is 9.52. The van der Waals surface area contributed by atoms with Gasteiger partial charge in [0.25, 0.3) is 0 Å². The number of aromatic nitrogens is 5. The van der Waals surface area contributed by atoms with Crippen molar-refractivity contribution in [2.24, 2.45) is 5.92 Å². The third kappa shape index (κ3) is 5.08. The molecule has 1 spiro atoms. The molecule has 0 radical (unpaired) electrons. The summed E-state index contributed by atoms with van der Waals surface area (Å²) in [6, 6.07) is 5.93. The lowest BCUT2D eigenvalue weighted by atomic mass is 9.78. The molecule has 1 saturated carbocycles. The zero-order valence-corrected chi connectivity index (χ0v) is 30.7. The van der Waals surface area contributed by atoms with E-state index < -0.39 is 17.2 Å².